The molecule has 0 aliphatic carbocycles. The number of methoxy groups -OCH3 is 1. The highest BCUT2D eigenvalue weighted by atomic mass is 32.1. The highest BCUT2D eigenvalue weighted by Gasteiger charge is 2.58. The Bertz CT molecular complexity index is 1410. The fourth-order valence-electron chi connectivity index (χ4n) is 4.70. The topological polar surface area (TPSA) is 79.8 Å². The van der Waals surface area contributed by atoms with Crippen molar-refractivity contribution in [3.63, 3.8) is 0 Å². The number of pyridine rings is 1. The molecule has 2 aliphatic rings. The smallest absolute Gasteiger partial charge is 0.262 e. The summed E-state index contributed by atoms with van der Waals surface area (Å²) in [4.78, 5) is 48.1. The summed E-state index contributed by atoms with van der Waals surface area (Å²) >= 11 is 1.48. The number of hydrogen-bond acceptors (Lipinski definition) is 6. The summed E-state index contributed by atoms with van der Waals surface area (Å²) in [6.07, 6.45) is 1.66. The van der Waals surface area contributed by atoms with Crippen LogP contribution in [0, 0.1) is 0 Å². The molecule has 1 fully saturated rings. The summed E-state index contributed by atoms with van der Waals surface area (Å²) in [6, 6.07) is 16.4. The first-order chi connectivity index (χ1) is 16.1. The largest absolute Gasteiger partial charge is 0.496 e. The predicted molar refractivity (Wildman–Crippen MR) is 124 cm³/mol. The molecule has 33 heavy (non-hydrogen) atoms. The van der Waals surface area contributed by atoms with Crippen molar-refractivity contribution < 1.29 is 19.1 Å². The Balaban J connectivity index is 1.48. The second-order valence-electron chi connectivity index (χ2n) is 7.83. The number of benzene rings is 2. The van der Waals surface area contributed by atoms with Gasteiger partial charge in [-0.05, 0) is 47.8 Å². The summed E-state index contributed by atoms with van der Waals surface area (Å²) in [5, 5.41) is 2.69. The highest BCUT2D eigenvalue weighted by Crippen LogP contribution is 2.47. The molecule has 1 saturated heterocycles. The third kappa shape index (κ3) is 2.67. The Morgan fingerprint density at radius 1 is 0.848 bits per heavy atom. The minimum absolute atomic E-state index is 0.319. The van der Waals surface area contributed by atoms with Gasteiger partial charge in [0.1, 0.15) is 17.8 Å². The normalized spacial score (nSPS) is 19.7. The molecule has 8 heteroatoms. The van der Waals surface area contributed by atoms with Crippen molar-refractivity contribution in [1.82, 2.24) is 9.88 Å². The fourth-order valence-corrected chi connectivity index (χ4v) is 5.55. The van der Waals surface area contributed by atoms with E-state index in [0.717, 1.165) is 15.2 Å². The summed E-state index contributed by atoms with van der Waals surface area (Å²) in [5.41, 5.74) is 1.89. The standard InChI is InChI=1S/C25H17N3O4S/c1-32-18-11-10-17(20-16(18)8-4-12-26-20)27-21(19-9-5-13-33-19)22(25(27)31)28-23(29)14-6-2-3-7-15(14)24(28)30/h2-13,21-22H,1H3/t21-,22-/m0/s1. The third-order valence-corrected chi connectivity index (χ3v) is 7.14. The van der Waals surface area contributed by atoms with Crippen molar-refractivity contribution >= 4 is 45.6 Å². The molecule has 0 N–H and O–H groups in total. The Labute approximate surface area is 192 Å². The number of rotatable bonds is 4. The molecule has 2 aromatic carbocycles. The van der Waals surface area contributed by atoms with E-state index in [1.54, 1.807) is 54.6 Å². The van der Waals surface area contributed by atoms with Crippen molar-refractivity contribution in [2.75, 3.05) is 12.0 Å². The SMILES string of the molecule is COc1ccc(N2C(=O)[C@@H](N3C(=O)c4ccccc4C3=O)[C@@H]2c2cccs2)c2ncccc12. The quantitative estimate of drug-likeness (QED) is 0.343. The molecule has 2 atom stereocenters. The van der Waals surface area contributed by atoms with Crippen molar-refractivity contribution in [3.05, 3.63) is 88.2 Å². The zero-order valence-electron chi connectivity index (χ0n) is 17.5. The van der Waals surface area contributed by atoms with Crippen molar-refractivity contribution in [2.24, 2.45) is 0 Å². The lowest BCUT2D eigenvalue weighted by Gasteiger charge is -2.49. The number of carbonyl (C=O) groups excluding carboxylic acids is 3. The Kier molecular flexibility index (Phi) is 4.31. The first-order valence-corrected chi connectivity index (χ1v) is 11.2. The molecule has 0 bridgehead atoms. The molecule has 0 radical (unpaired) electrons. The van der Waals surface area contributed by atoms with Gasteiger partial charge in [0.15, 0.2) is 0 Å². The minimum atomic E-state index is -0.920. The van der Waals surface area contributed by atoms with E-state index in [1.165, 1.54) is 11.3 Å². The van der Waals surface area contributed by atoms with Gasteiger partial charge in [0.05, 0.1) is 29.4 Å². The number of fused-ring (bicyclic) bond motifs is 2. The molecule has 4 heterocycles. The second-order valence-corrected chi connectivity index (χ2v) is 8.81. The zero-order chi connectivity index (χ0) is 22.7. The molecule has 0 saturated carbocycles. The summed E-state index contributed by atoms with van der Waals surface area (Å²) < 4.78 is 5.47. The van der Waals surface area contributed by atoms with Gasteiger partial charge in [-0.1, -0.05) is 18.2 Å². The van der Waals surface area contributed by atoms with Crippen LogP contribution >= 0.6 is 11.3 Å². The summed E-state index contributed by atoms with van der Waals surface area (Å²) in [6.45, 7) is 0. The van der Waals surface area contributed by atoms with Gasteiger partial charge in [-0.2, -0.15) is 0 Å². The van der Waals surface area contributed by atoms with Gasteiger partial charge in [0.25, 0.3) is 17.7 Å². The monoisotopic (exact) mass is 455 g/mol. The number of ether oxygens (including phenoxy) is 1. The van der Waals surface area contributed by atoms with Crippen molar-refractivity contribution in [2.45, 2.75) is 12.1 Å². The van der Waals surface area contributed by atoms with Gasteiger partial charge < -0.3 is 4.74 Å². The van der Waals surface area contributed by atoms with Crippen LogP contribution in [0.2, 0.25) is 0 Å². The van der Waals surface area contributed by atoms with Crippen LogP contribution in [0.25, 0.3) is 10.9 Å². The molecular formula is C25H17N3O4S. The molecule has 4 aromatic rings. The van der Waals surface area contributed by atoms with Crippen LogP contribution in [-0.4, -0.2) is 40.8 Å². The Morgan fingerprint density at radius 2 is 1.61 bits per heavy atom. The van der Waals surface area contributed by atoms with E-state index in [2.05, 4.69) is 4.98 Å². The van der Waals surface area contributed by atoms with Crippen LogP contribution in [0.5, 0.6) is 5.75 Å². The minimum Gasteiger partial charge on any atom is -0.496 e. The number of nitrogens with zero attached hydrogens (tertiary/aromatic N) is 3. The van der Waals surface area contributed by atoms with Crippen LogP contribution in [0.3, 0.4) is 0 Å². The van der Waals surface area contributed by atoms with Crippen molar-refractivity contribution in [3.8, 4) is 5.75 Å². The molecule has 0 spiro atoms. The predicted octanol–water partition coefficient (Wildman–Crippen LogP) is 4.06. The van der Waals surface area contributed by atoms with Gasteiger partial charge in [-0.15, -0.1) is 11.3 Å². The van der Waals surface area contributed by atoms with Gasteiger partial charge in [-0.3, -0.25) is 29.2 Å². The Hall–Kier alpha value is -4.04. The van der Waals surface area contributed by atoms with Gasteiger partial charge in [0.2, 0.25) is 0 Å². The first kappa shape index (κ1) is 19.6. The summed E-state index contributed by atoms with van der Waals surface area (Å²) in [7, 11) is 1.59. The maximum atomic E-state index is 13.6. The van der Waals surface area contributed by atoms with E-state index >= 15 is 0 Å². The van der Waals surface area contributed by atoms with Crippen LogP contribution in [0.15, 0.2) is 72.2 Å². The average Bonchev–Trinajstić information content (AvgIpc) is 3.46. The van der Waals surface area contributed by atoms with Crippen LogP contribution in [0.1, 0.15) is 31.6 Å². The van der Waals surface area contributed by atoms with Crippen LogP contribution in [-0.2, 0) is 4.79 Å². The summed E-state index contributed by atoms with van der Waals surface area (Å²) in [5.74, 6) is -0.542. The lowest BCUT2D eigenvalue weighted by atomic mass is 9.90. The van der Waals surface area contributed by atoms with Gasteiger partial charge in [0, 0.05) is 16.5 Å². The molecule has 3 amide bonds. The molecular weight excluding hydrogens is 438 g/mol. The number of aromatic nitrogens is 1. The van der Waals surface area contributed by atoms with E-state index in [1.807, 2.05) is 29.6 Å². The molecule has 0 unspecified atom stereocenters. The number of hydrogen-bond donors (Lipinski definition) is 0. The van der Waals surface area contributed by atoms with E-state index in [4.69, 9.17) is 4.74 Å². The Morgan fingerprint density at radius 3 is 2.27 bits per heavy atom. The van der Waals surface area contributed by atoms with E-state index in [-0.39, 0.29) is 5.91 Å². The molecule has 2 aliphatic heterocycles. The number of anilines is 1. The number of β-lactam (4-membered cyclic amide) rings is 1. The second kappa shape index (κ2) is 7.25. The van der Waals surface area contributed by atoms with E-state index < -0.39 is 23.9 Å². The molecule has 2 aromatic heterocycles. The van der Waals surface area contributed by atoms with Crippen molar-refractivity contribution in [1.29, 1.82) is 0 Å². The van der Waals surface area contributed by atoms with Gasteiger partial charge in [-0.25, -0.2) is 0 Å². The number of thiophene rings is 1. The highest BCUT2D eigenvalue weighted by molar-refractivity contribution is 7.10. The number of carbonyl (C=O) groups is 3. The van der Waals surface area contributed by atoms with E-state index in [9.17, 15) is 14.4 Å². The molecule has 7 nitrogen and oxygen atoms in total. The number of imide groups is 1. The number of amides is 3. The first-order valence-electron chi connectivity index (χ1n) is 10.4. The van der Waals surface area contributed by atoms with Crippen LogP contribution < -0.4 is 9.64 Å². The maximum absolute atomic E-state index is 13.6. The molecule has 162 valence electrons. The average molecular weight is 455 g/mol. The third-order valence-electron chi connectivity index (χ3n) is 6.19. The molecule has 6 rings (SSSR count). The zero-order valence-corrected chi connectivity index (χ0v) is 18.3. The fraction of sp³-hybridized carbons (Fsp3) is 0.120. The van der Waals surface area contributed by atoms with E-state index in [0.29, 0.717) is 28.1 Å². The lowest BCUT2D eigenvalue weighted by molar-refractivity contribution is -0.130. The van der Waals surface area contributed by atoms with Gasteiger partial charge >= 0.3 is 0 Å². The maximum Gasteiger partial charge on any atom is 0.262 e. The van der Waals surface area contributed by atoms with Crippen LogP contribution in [0.4, 0.5) is 5.69 Å². The lowest BCUT2D eigenvalue weighted by Crippen LogP contribution is -2.67.